The fourth-order valence-electron chi connectivity index (χ4n) is 2.78. The first-order valence-electron chi connectivity index (χ1n) is 7.61. The molecular formula is C19H8ClN3O2S2. The van der Waals surface area contributed by atoms with E-state index < -0.39 is 5.56 Å². The van der Waals surface area contributed by atoms with Gasteiger partial charge in [0.2, 0.25) is 0 Å². The van der Waals surface area contributed by atoms with Gasteiger partial charge in [-0.3, -0.25) is 4.79 Å². The molecule has 0 spiro atoms. The second-order valence-corrected chi connectivity index (χ2v) is 8.30. The highest BCUT2D eigenvalue weighted by Gasteiger charge is 2.22. The zero-order valence-corrected chi connectivity index (χ0v) is 15.8. The number of rotatable bonds is 2. The van der Waals surface area contributed by atoms with E-state index in [2.05, 4.69) is 11.1 Å². The summed E-state index contributed by atoms with van der Waals surface area (Å²) in [5.41, 5.74) is 1.15. The Balaban J connectivity index is 1.90. The van der Waals surface area contributed by atoms with Gasteiger partial charge >= 0.3 is 0 Å². The average Bonchev–Trinajstić information content (AvgIpc) is 3.26. The van der Waals surface area contributed by atoms with E-state index in [1.54, 1.807) is 18.2 Å². The van der Waals surface area contributed by atoms with Gasteiger partial charge in [0.05, 0.1) is 17.0 Å². The van der Waals surface area contributed by atoms with Gasteiger partial charge in [0, 0.05) is 15.3 Å². The number of benzene rings is 1. The lowest BCUT2D eigenvalue weighted by Gasteiger charge is -2.01. The van der Waals surface area contributed by atoms with Crippen LogP contribution in [0.5, 0.6) is 5.75 Å². The summed E-state index contributed by atoms with van der Waals surface area (Å²) in [6.45, 7) is 0. The van der Waals surface area contributed by atoms with Crippen LogP contribution in [0.1, 0.15) is 11.1 Å². The highest BCUT2D eigenvalue weighted by atomic mass is 35.5. The molecule has 3 aromatic heterocycles. The molecule has 0 unspecified atom stereocenters. The molecule has 8 heteroatoms. The van der Waals surface area contributed by atoms with E-state index in [-0.39, 0.29) is 11.3 Å². The maximum atomic E-state index is 11.9. The summed E-state index contributed by atoms with van der Waals surface area (Å²) >= 11 is 9.00. The first kappa shape index (κ1) is 17.3. The number of thiophene rings is 2. The summed E-state index contributed by atoms with van der Waals surface area (Å²) in [7, 11) is 0. The van der Waals surface area contributed by atoms with Crippen LogP contribution in [-0.4, -0.2) is 10.1 Å². The molecule has 2 N–H and O–H groups in total. The van der Waals surface area contributed by atoms with Gasteiger partial charge in [-0.15, -0.1) is 22.7 Å². The van der Waals surface area contributed by atoms with Crippen molar-refractivity contribution in [2.45, 2.75) is 0 Å². The summed E-state index contributed by atoms with van der Waals surface area (Å²) in [6.07, 6.45) is 0. The van der Waals surface area contributed by atoms with Gasteiger partial charge in [0.25, 0.3) is 5.56 Å². The summed E-state index contributed by atoms with van der Waals surface area (Å²) in [6, 6.07) is 14.8. The molecule has 1 aromatic carbocycles. The number of pyridine rings is 1. The number of halogens is 1. The number of hydrogen-bond donors (Lipinski definition) is 2. The van der Waals surface area contributed by atoms with Crippen LogP contribution in [-0.2, 0) is 0 Å². The standard InChI is InChI=1S/C19H8ClN3O2S2/c20-17-14(15-16(24)11(8-22)18(25)23-19(15)27-17)13-6-5-12(26-13)10-3-1-9(7-21)2-4-10/h1-6H,(H2,23,24,25). The third-order valence-corrected chi connectivity index (χ3v) is 6.52. The first-order valence-corrected chi connectivity index (χ1v) is 9.62. The van der Waals surface area contributed by atoms with Crippen molar-refractivity contribution in [3.8, 4) is 38.8 Å². The van der Waals surface area contributed by atoms with Crippen molar-refractivity contribution in [1.82, 2.24) is 4.98 Å². The fraction of sp³-hybridized carbons (Fsp3) is 0. The number of aromatic nitrogens is 1. The molecule has 3 heterocycles. The van der Waals surface area contributed by atoms with Crippen molar-refractivity contribution in [1.29, 1.82) is 10.5 Å². The van der Waals surface area contributed by atoms with Gasteiger partial charge in [-0.25, -0.2) is 0 Å². The first-order chi connectivity index (χ1) is 13.0. The molecule has 0 saturated heterocycles. The Morgan fingerprint density at radius 1 is 1.00 bits per heavy atom. The van der Waals surface area contributed by atoms with E-state index in [1.165, 1.54) is 11.3 Å². The Hall–Kier alpha value is -3.10. The molecule has 0 atom stereocenters. The zero-order valence-electron chi connectivity index (χ0n) is 13.4. The van der Waals surface area contributed by atoms with Crippen LogP contribution in [0.15, 0.2) is 41.2 Å². The highest BCUT2D eigenvalue weighted by Crippen LogP contribution is 2.48. The Morgan fingerprint density at radius 3 is 2.37 bits per heavy atom. The van der Waals surface area contributed by atoms with Gasteiger partial charge in [0.1, 0.15) is 21.0 Å². The topological polar surface area (TPSA) is 101 Å². The van der Waals surface area contributed by atoms with Gasteiger partial charge in [-0.05, 0) is 29.8 Å². The second-order valence-electron chi connectivity index (χ2n) is 5.60. The SMILES string of the molecule is N#Cc1ccc(-c2ccc(-c3c(Cl)sc4[nH]c(=O)c(C#N)c(O)c34)s2)cc1. The van der Waals surface area contributed by atoms with E-state index in [0.29, 0.717) is 25.7 Å². The molecule has 0 bridgehead atoms. The number of nitrogens with one attached hydrogen (secondary N) is 1. The number of aromatic hydroxyl groups is 1. The lowest BCUT2D eigenvalue weighted by molar-refractivity contribution is 0.479. The van der Waals surface area contributed by atoms with Crippen molar-refractivity contribution in [3.63, 3.8) is 0 Å². The Bertz CT molecular complexity index is 1340. The van der Waals surface area contributed by atoms with Crippen LogP contribution in [0.2, 0.25) is 4.34 Å². The Kier molecular flexibility index (Phi) is 4.21. The van der Waals surface area contributed by atoms with Gasteiger partial charge < -0.3 is 10.1 Å². The van der Waals surface area contributed by atoms with Gasteiger partial charge in [-0.2, -0.15) is 10.5 Å². The average molecular weight is 410 g/mol. The Morgan fingerprint density at radius 2 is 1.70 bits per heavy atom. The lowest BCUT2D eigenvalue weighted by Crippen LogP contribution is -2.09. The molecule has 0 aliphatic heterocycles. The molecule has 0 fully saturated rings. The van der Waals surface area contributed by atoms with Crippen LogP contribution in [0.25, 0.3) is 31.1 Å². The van der Waals surface area contributed by atoms with Crippen molar-refractivity contribution in [3.05, 3.63) is 62.2 Å². The molecule has 0 amide bonds. The van der Waals surface area contributed by atoms with Crippen LogP contribution in [0.4, 0.5) is 0 Å². The van der Waals surface area contributed by atoms with E-state index in [1.807, 2.05) is 24.3 Å². The molecule has 4 aromatic rings. The number of fused-ring (bicyclic) bond motifs is 1. The van der Waals surface area contributed by atoms with Crippen molar-refractivity contribution in [2.24, 2.45) is 0 Å². The quantitative estimate of drug-likeness (QED) is 0.481. The van der Waals surface area contributed by atoms with Crippen LogP contribution in [0.3, 0.4) is 0 Å². The third-order valence-electron chi connectivity index (χ3n) is 4.06. The Labute approximate surface area is 166 Å². The van der Waals surface area contributed by atoms with Crippen molar-refractivity contribution < 1.29 is 5.11 Å². The number of nitriles is 2. The third kappa shape index (κ3) is 2.79. The molecule has 27 heavy (non-hydrogen) atoms. The summed E-state index contributed by atoms with van der Waals surface area (Å²) in [5.74, 6) is -0.359. The van der Waals surface area contributed by atoms with Crippen LogP contribution in [0, 0.1) is 22.7 Å². The number of nitrogens with zero attached hydrogens (tertiary/aromatic N) is 2. The van der Waals surface area contributed by atoms with E-state index in [4.69, 9.17) is 22.1 Å². The molecule has 130 valence electrons. The minimum atomic E-state index is -0.642. The van der Waals surface area contributed by atoms with Gasteiger partial charge in [-0.1, -0.05) is 23.7 Å². The summed E-state index contributed by atoms with van der Waals surface area (Å²) < 4.78 is 0.416. The van der Waals surface area contributed by atoms with Crippen LogP contribution >= 0.6 is 34.3 Å². The number of hydrogen-bond acceptors (Lipinski definition) is 6. The summed E-state index contributed by atoms with van der Waals surface area (Å²) in [5, 5.41) is 28.9. The van der Waals surface area contributed by atoms with Crippen molar-refractivity contribution in [2.75, 3.05) is 0 Å². The van der Waals surface area contributed by atoms with Crippen LogP contribution < -0.4 is 5.56 Å². The van der Waals surface area contributed by atoms with E-state index >= 15 is 0 Å². The molecule has 0 radical (unpaired) electrons. The predicted molar refractivity (Wildman–Crippen MR) is 107 cm³/mol. The van der Waals surface area contributed by atoms with E-state index in [9.17, 15) is 9.90 Å². The smallest absolute Gasteiger partial charge is 0.270 e. The maximum absolute atomic E-state index is 11.9. The normalized spacial score (nSPS) is 10.6. The largest absolute Gasteiger partial charge is 0.506 e. The minimum absolute atomic E-state index is 0.331. The fourth-order valence-corrected chi connectivity index (χ4v) is 5.33. The monoisotopic (exact) mass is 409 g/mol. The van der Waals surface area contributed by atoms with E-state index in [0.717, 1.165) is 26.7 Å². The van der Waals surface area contributed by atoms with Crippen molar-refractivity contribution >= 4 is 44.5 Å². The number of aromatic amines is 1. The molecule has 0 aliphatic rings. The molecule has 0 aliphatic carbocycles. The maximum Gasteiger partial charge on any atom is 0.270 e. The zero-order chi connectivity index (χ0) is 19.1. The molecule has 4 rings (SSSR count). The lowest BCUT2D eigenvalue weighted by atomic mass is 10.1. The van der Waals surface area contributed by atoms with Gasteiger partial charge in [0.15, 0.2) is 5.56 Å². The number of H-pyrrole nitrogens is 1. The second kappa shape index (κ2) is 6.57. The minimum Gasteiger partial charge on any atom is -0.506 e. The molecule has 5 nitrogen and oxygen atoms in total. The molecule has 0 saturated carbocycles. The highest BCUT2D eigenvalue weighted by molar-refractivity contribution is 7.24. The predicted octanol–water partition coefficient (Wildman–Crippen LogP) is 5.09. The molecular weight excluding hydrogens is 402 g/mol. The summed E-state index contributed by atoms with van der Waals surface area (Å²) in [4.78, 5) is 16.7.